The Kier molecular flexibility index (Phi) is 3.49. The highest BCUT2D eigenvalue weighted by Crippen LogP contribution is 2.28. The van der Waals surface area contributed by atoms with Gasteiger partial charge in [-0.1, -0.05) is 17.7 Å². The van der Waals surface area contributed by atoms with Gasteiger partial charge in [0.15, 0.2) is 0 Å². The van der Waals surface area contributed by atoms with Gasteiger partial charge < -0.3 is 15.5 Å². The summed E-state index contributed by atoms with van der Waals surface area (Å²) in [6.45, 7) is 2.75. The van der Waals surface area contributed by atoms with Crippen LogP contribution in [0, 0.1) is 6.92 Å². The number of hydrogen-bond donors (Lipinski definition) is 2. The fourth-order valence-corrected chi connectivity index (χ4v) is 3.32. The highest BCUT2D eigenvalue weighted by molar-refractivity contribution is 6.02. The molecule has 4 rings (SSSR count). The Hall–Kier alpha value is -2.82. The molecule has 0 spiro atoms. The van der Waals surface area contributed by atoms with Crippen molar-refractivity contribution in [3.05, 3.63) is 53.6 Å². The summed E-state index contributed by atoms with van der Waals surface area (Å²) >= 11 is 0. The third-order valence-electron chi connectivity index (χ3n) is 4.62. The first-order chi connectivity index (χ1) is 11.6. The van der Waals surface area contributed by atoms with Crippen LogP contribution < -0.4 is 15.5 Å². The lowest BCUT2D eigenvalue weighted by molar-refractivity contribution is -0.117. The molecule has 0 aromatic heterocycles. The number of carbonyl (C=O) groups excluding carboxylic acids is 2. The fraction of sp³-hybridized carbons (Fsp3) is 0.263. The molecule has 24 heavy (non-hydrogen) atoms. The molecule has 0 aliphatic carbocycles. The van der Waals surface area contributed by atoms with E-state index in [0.29, 0.717) is 13.0 Å². The third-order valence-corrected chi connectivity index (χ3v) is 4.62. The van der Waals surface area contributed by atoms with Crippen LogP contribution in [0.3, 0.4) is 0 Å². The molecule has 2 heterocycles. The van der Waals surface area contributed by atoms with Crippen molar-refractivity contribution in [3.8, 4) is 0 Å². The van der Waals surface area contributed by atoms with E-state index in [2.05, 4.69) is 10.6 Å². The molecule has 5 heteroatoms. The van der Waals surface area contributed by atoms with Crippen LogP contribution in [-0.4, -0.2) is 24.4 Å². The van der Waals surface area contributed by atoms with Crippen LogP contribution in [-0.2, 0) is 16.0 Å². The summed E-state index contributed by atoms with van der Waals surface area (Å²) in [6, 6.07) is 13.5. The van der Waals surface area contributed by atoms with E-state index in [1.54, 1.807) is 0 Å². The van der Waals surface area contributed by atoms with E-state index in [-0.39, 0.29) is 17.9 Å². The van der Waals surface area contributed by atoms with Gasteiger partial charge in [-0.15, -0.1) is 0 Å². The predicted molar refractivity (Wildman–Crippen MR) is 94.3 cm³/mol. The molecule has 122 valence electrons. The van der Waals surface area contributed by atoms with Crippen LogP contribution in [0.1, 0.15) is 17.5 Å². The topological polar surface area (TPSA) is 61.4 Å². The highest BCUT2D eigenvalue weighted by Gasteiger charge is 2.32. The summed E-state index contributed by atoms with van der Waals surface area (Å²) in [5, 5.41) is 6.13. The largest absolute Gasteiger partial charge is 0.374 e. The summed E-state index contributed by atoms with van der Waals surface area (Å²) < 4.78 is 0. The minimum atomic E-state index is -0.227. The van der Waals surface area contributed by atoms with Crippen molar-refractivity contribution in [3.63, 3.8) is 0 Å². The van der Waals surface area contributed by atoms with Crippen molar-refractivity contribution in [2.45, 2.75) is 25.8 Å². The molecule has 2 N–H and O–H groups in total. The van der Waals surface area contributed by atoms with Crippen LogP contribution in [0.25, 0.3) is 0 Å². The van der Waals surface area contributed by atoms with Crippen LogP contribution in [0.4, 0.5) is 17.1 Å². The number of carbonyl (C=O) groups is 2. The first kappa shape index (κ1) is 14.8. The van der Waals surface area contributed by atoms with Gasteiger partial charge in [-0.3, -0.25) is 9.59 Å². The smallest absolute Gasteiger partial charge is 0.249 e. The van der Waals surface area contributed by atoms with Crippen molar-refractivity contribution in [1.29, 1.82) is 0 Å². The molecule has 0 saturated carbocycles. The van der Waals surface area contributed by atoms with Crippen molar-refractivity contribution in [2.24, 2.45) is 0 Å². The summed E-state index contributed by atoms with van der Waals surface area (Å²) in [4.78, 5) is 25.9. The molecular weight excluding hydrogens is 302 g/mol. The quantitative estimate of drug-likeness (QED) is 0.914. The lowest BCUT2D eigenvalue weighted by Crippen LogP contribution is -2.33. The summed E-state index contributed by atoms with van der Waals surface area (Å²) in [7, 11) is 0. The number of nitrogens with zero attached hydrogens (tertiary/aromatic N) is 1. The summed E-state index contributed by atoms with van der Waals surface area (Å²) in [5.41, 5.74) is 4.85. The first-order valence-electron chi connectivity index (χ1n) is 8.17. The van der Waals surface area contributed by atoms with Crippen LogP contribution in [0.2, 0.25) is 0 Å². The van der Waals surface area contributed by atoms with E-state index in [4.69, 9.17) is 0 Å². The predicted octanol–water partition coefficient (Wildman–Crippen LogP) is 2.71. The summed E-state index contributed by atoms with van der Waals surface area (Å²) in [5.74, 6) is 0.109. The lowest BCUT2D eigenvalue weighted by atomic mass is 10.1. The third kappa shape index (κ3) is 2.62. The monoisotopic (exact) mass is 321 g/mol. The van der Waals surface area contributed by atoms with Gasteiger partial charge in [0, 0.05) is 23.6 Å². The average Bonchev–Trinajstić information content (AvgIpc) is 3.11. The molecule has 2 aromatic carbocycles. The Morgan fingerprint density at radius 2 is 1.92 bits per heavy atom. The second-order valence-electron chi connectivity index (χ2n) is 6.41. The van der Waals surface area contributed by atoms with E-state index in [1.807, 2.05) is 54.3 Å². The van der Waals surface area contributed by atoms with Gasteiger partial charge >= 0.3 is 0 Å². The number of nitrogens with one attached hydrogen (secondary N) is 2. The SMILES string of the molecule is Cc1ccc(N2CCC(Nc3ccc4c(c3)CC(=O)N4)C2=O)cc1. The molecule has 0 radical (unpaired) electrons. The molecule has 2 aromatic rings. The Labute approximate surface area is 140 Å². The number of benzene rings is 2. The van der Waals surface area contributed by atoms with E-state index >= 15 is 0 Å². The maximum Gasteiger partial charge on any atom is 0.249 e. The van der Waals surface area contributed by atoms with E-state index in [0.717, 1.165) is 29.0 Å². The number of hydrogen-bond acceptors (Lipinski definition) is 3. The average molecular weight is 321 g/mol. The van der Waals surface area contributed by atoms with Crippen LogP contribution >= 0.6 is 0 Å². The molecule has 1 atom stereocenters. The van der Waals surface area contributed by atoms with Gasteiger partial charge in [-0.05, 0) is 49.2 Å². The minimum absolute atomic E-state index is 0.0182. The van der Waals surface area contributed by atoms with Crippen molar-refractivity contribution in [2.75, 3.05) is 22.1 Å². The number of aryl methyl sites for hydroxylation is 1. The maximum atomic E-state index is 12.7. The standard InChI is InChI=1S/C19H19N3O2/c1-12-2-5-15(6-3-12)22-9-8-17(19(22)24)20-14-4-7-16-13(10-14)11-18(23)21-16/h2-7,10,17,20H,8-9,11H2,1H3,(H,21,23). The van der Waals surface area contributed by atoms with Crippen molar-refractivity contribution in [1.82, 2.24) is 0 Å². The minimum Gasteiger partial charge on any atom is -0.374 e. The number of anilines is 3. The van der Waals surface area contributed by atoms with E-state index in [1.165, 1.54) is 5.56 Å². The molecule has 0 bridgehead atoms. The zero-order valence-corrected chi connectivity index (χ0v) is 13.5. The molecule has 1 saturated heterocycles. The molecule has 1 fully saturated rings. The number of amides is 2. The normalized spacial score (nSPS) is 19.4. The Morgan fingerprint density at radius 3 is 2.71 bits per heavy atom. The van der Waals surface area contributed by atoms with Crippen molar-refractivity contribution >= 4 is 28.9 Å². The second-order valence-corrected chi connectivity index (χ2v) is 6.41. The fourth-order valence-electron chi connectivity index (χ4n) is 3.32. The van der Waals surface area contributed by atoms with Gasteiger partial charge in [0.05, 0.1) is 6.42 Å². The Bertz CT molecular complexity index is 814. The Balaban J connectivity index is 1.48. The molecule has 1 unspecified atom stereocenters. The van der Waals surface area contributed by atoms with Gasteiger partial charge in [0.25, 0.3) is 0 Å². The zero-order valence-electron chi connectivity index (χ0n) is 13.5. The van der Waals surface area contributed by atoms with Crippen molar-refractivity contribution < 1.29 is 9.59 Å². The van der Waals surface area contributed by atoms with Gasteiger partial charge in [0.1, 0.15) is 6.04 Å². The maximum absolute atomic E-state index is 12.7. The molecular formula is C19H19N3O2. The van der Waals surface area contributed by atoms with Gasteiger partial charge in [-0.25, -0.2) is 0 Å². The molecule has 2 aliphatic heterocycles. The highest BCUT2D eigenvalue weighted by atomic mass is 16.2. The first-order valence-corrected chi connectivity index (χ1v) is 8.17. The summed E-state index contributed by atoms with van der Waals surface area (Å²) in [6.07, 6.45) is 1.17. The van der Waals surface area contributed by atoms with E-state index < -0.39 is 0 Å². The Morgan fingerprint density at radius 1 is 1.12 bits per heavy atom. The second kappa shape index (κ2) is 5.67. The van der Waals surface area contributed by atoms with Crippen LogP contribution in [0.15, 0.2) is 42.5 Å². The number of fused-ring (bicyclic) bond motifs is 1. The van der Waals surface area contributed by atoms with Crippen LogP contribution in [0.5, 0.6) is 0 Å². The lowest BCUT2D eigenvalue weighted by Gasteiger charge is -2.18. The van der Waals surface area contributed by atoms with E-state index in [9.17, 15) is 9.59 Å². The molecule has 2 aliphatic rings. The number of rotatable bonds is 3. The zero-order chi connectivity index (χ0) is 16.7. The molecule has 5 nitrogen and oxygen atoms in total. The van der Waals surface area contributed by atoms with Gasteiger partial charge in [-0.2, -0.15) is 0 Å². The molecule has 2 amide bonds. The van der Waals surface area contributed by atoms with Gasteiger partial charge in [0.2, 0.25) is 11.8 Å².